The molecular weight excluding hydrogens is 204 g/mol. The molecule has 0 atom stereocenters. The average Bonchev–Trinajstić information content (AvgIpc) is 2.78. The molecule has 1 amide bonds. The van der Waals surface area contributed by atoms with Crippen LogP contribution in [0, 0.1) is 0 Å². The lowest BCUT2D eigenvalue weighted by Crippen LogP contribution is -2.34. The van der Waals surface area contributed by atoms with Gasteiger partial charge in [-0.15, -0.1) is 0 Å². The maximum absolute atomic E-state index is 11.3. The van der Waals surface area contributed by atoms with E-state index in [1.807, 2.05) is 10.8 Å². The first-order valence-corrected chi connectivity index (χ1v) is 5.76. The summed E-state index contributed by atoms with van der Waals surface area (Å²) in [6, 6.07) is 0. The van der Waals surface area contributed by atoms with E-state index in [2.05, 4.69) is 22.5 Å². The van der Waals surface area contributed by atoms with Gasteiger partial charge in [-0.3, -0.25) is 4.79 Å². The Morgan fingerprint density at radius 1 is 1.44 bits per heavy atom. The van der Waals surface area contributed by atoms with Crippen LogP contribution in [0.15, 0.2) is 18.7 Å². The molecule has 0 aliphatic carbocycles. The molecule has 0 saturated carbocycles. The van der Waals surface area contributed by atoms with Crippen LogP contribution in [0.3, 0.4) is 0 Å². The van der Waals surface area contributed by atoms with Gasteiger partial charge < -0.3 is 15.2 Å². The third kappa shape index (κ3) is 5.50. The lowest BCUT2D eigenvalue weighted by Gasteiger charge is -2.06. The fourth-order valence-electron chi connectivity index (χ4n) is 1.35. The van der Waals surface area contributed by atoms with E-state index in [1.165, 1.54) is 0 Å². The SMILES string of the molecule is CCCNCC(=O)NCCCn1ccnc1. The topological polar surface area (TPSA) is 59.0 Å². The van der Waals surface area contributed by atoms with Crippen LogP contribution in [0.1, 0.15) is 19.8 Å². The van der Waals surface area contributed by atoms with E-state index in [-0.39, 0.29) is 5.91 Å². The number of imidazole rings is 1. The van der Waals surface area contributed by atoms with Crippen molar-refractivity contribution in [1.82, 2.24) is 20.2 Å². The van der Waals surface area contributed by atoms with Crippen LogP contribution in [0.25, 0.3) is 0 Å². The smallest absolute Gasteiger partial charge is 0.233 e. The van der Waals surface area contributed by atoms with E-state index in [0.717, 1.165) is 25.9 Å². The molecule has 0 aromatic carbocycles. The number of carbonyl (C=O) groups excluding carboxylic acids is 1. The molecule has 1 heterocycles. The molecule has 0 radical (unpaired) electrons. The van der Waals surface area contributed by atoms with Crippen molar-refractivity contribution >= 4 is 5.91 Å². The first-order valence-electron chi connectivity index (χ1n) is 5.76. The average molecular weight is 224 g/mol. The molecule has 5 heteroatoms. The molecule has 0 unspecified atom stereocenters. The van der Waals surface area contributed by atoms with Crippen LogP contribution in [0.4, 0.5) is 0 Å². The highest BCUT2D eigenvalue weighted by atomic mass is 16.1. The molecule has 0 saturated heterocycles. The summed E-state index contributed by atoms with van der Waals surface area (Å²) < 4.78 is 2.00. The van der Waals surface area contributed by atoms with Gasteiger partial charge in [0, 0.05) is 25.5 Å². The van der Waals surface area contributed by atoms with Gasteiger partial charge in [-0.25, -0.2) is 4.98 Å². The van der Waals surface area contributed by atoms with Crippen molar-refractivity contribution in [1.29, 1.82) is 0 Å². The van der Waals surface area contributed by atoms with Gasteiger partial charge >= 0.3 is 0 Å². The molecule has 1 rings (SSSR count). The molecule has 5 nitrogen and oxygen atoms in total. The summed E-state index contributed by atoms with van der Waals surface area (Å²) in [5.41, 5.74) is 0. The van der Waals surface area contributed by atoms with Crippen LogP contribution >= 0.6 is 0 Å². The number of amides is 1. The molecule has 0 aliphatic heterocycles. The van der Waals surface area contributed by atoms with E-state index >= 15 is 0 Å². The molecule has 1 aromatic rings. The molecule has 90 valence electrons. The third-order valence-corrected chi connectivity index (χ3v) is 2.19. The number of nitrogens with zero attached hydrogens (tertiary/aromatic N) is 2. The van der Waals surface area contributed by atoms with Gasteiger partial charge in [0.15, 0.2) is 0 Å². The Kier molecular flexibility index (Phi) is 6.25. The highest BCUT2D eigenvalue weighted by Gasteiger charge is 1.98. The normalized spacial score (nSPS) is 10.3. The summed E-state index contributed by atoms with van der Waals surface area (Å²) in [7, 11) is 0. The lowest BCUT2D eigenvalue weighted by atomic mass is 10.4. The molecule has 16 heavy (non-hydrogen) atoms. The number of hydrogen-bond donors (Lipinski definition) is 2. The predicted molar refractivity (Wildman–Crippen MR) is 63.0 cm³/mol. The van der Waals surface area contributed by atoms with Crippen molar-refractivity contribution in [3.05, 3.63) is 18.7 Å². The Hall–Kier alpha value is -1.36. The highest BCUT2D eigenvalue weighted by molar-refractivity contribution is 5.77. The molecule has 2 N–H and O–H groups in total. The second kappa shape index (κ2) is 7.87. The monoisotopic (exact) mass is 224 g/mol. The molecule has 0 spiro atoms. The molecule has 0 bridgehead atoms. The Morgan fingerprint density at radius 2 is 2.31 bits per heavy atom. The van der Waals surface area contributed by atoms with Crippen molar-refractivity contribution in [3.63, 3.8) is 0 Å². The van der Waals surface area contributed by atoms with Gasteiger partial charge in [0.2, 0.25) is 5.91 Å². The second-order valence-corrected chi connectivity index (χ2v) is 3.68. The summed E-state index contributed by atoms with van der Waals surface area (Å²) >= 11 is 0. The van der Waals surface area contributed by atoms with E-state index in [1.54, 1.807) is 12.5 Å². The Balaban J connectivity index is 1.96. The minimum Gasteiger partial charge on any atom is -0.355 e. The van der Waals surface area contributed by atoms with Crippen LogP contribution < -0.4 is 10.6 Å². The van der Waals surface area contributed by atoms with E-state index in [0.29, 0.717) is 13.1 Å². The third-order valence-electron chi connectivity index (χ3n) is 2.19. The van der Waals surface area contributed by atoms with Gasteiger partial charge in [-0.05, 0) is 19.4 Å². The number of aryl methyl sites for hydroxylation is 1. The first-order chi connectivity index (χ1) is 7.83. The van der Waals surface area contributed by atoms with Crippen molar-refractivity contribution in [2.75, 3.05) is 19.6 Å². The standard InChI is InChI=1S/C11H20N4O/c1-2-4-12-9-11(16)14-5-3-7-15-8-6-13-10-15/h6,8,10,12H,2-5,7,9H2,1H3,(H,14,16). The number of aromatic nitrogens is 2. The number of carbonyl (C=O) groups is 1. The number of nitrogens with one attached hydrogen (secondary N) is 2. The largest absolute Gasteiger partial charge is 0.355 e. The van der Waals surface area contributed by atoms with Crippen LogP contribution in [-0.2, 0) is 11.3 Å². The van der Waals surface area contributed by atoms with Crippen LogP contribution in [0.2, 0.25) is 0 Å². The summed E-state index contributed by atoms with van der Waals surface area (Å²) in [6.07, 6.45) is 7.44. The zero-order valence-electron chi connectivity index (χ0n) is 9.78. The summed E-state index contributed by atoms with van der Waals surface area (Å²) in [5.74, 6) is 0.0686. The van der Waals surface area contributed by atoms with E-state index < -0.39 is 0 Å². The maximum Gasteiger partial charge on any atom is 0.233 e. The van der Waals surface area contributed by atoms with E-state index in [9.17, 15) is 4.79 Å². The lowest BCUT2D eigenvalue weighted by molar-refractivity contribution is -0.120. The van der Waals surface area contributed by atoms with Crippen molar-refractivity contribution in [2.45, 2.75) is 26.3 Å². The van der Waals surface area contributed by atoms with Gasteiger partial charge in [0.1, 0.15) is 0 Å². The Bertz CT molecular complexity index is 284. The fraction of sp³-hybridized carbons (Fsp3) is 0.636. The number of rotatable bonds is 8. The van der Waals surface area contributed by atoms with Gasteiger partial charge in [0.25, 0.3) is 0 Å². The summed E-state index contributed by atoms with van der Waals surface area (Å²) in [4.78, 5) is 15.2. The fourth-order valence-corrected chi connectivity index (χ4v) is 1.35. The highest BCUT2D eigenvalue weighted by Crippen LogP contribution is 1.88. The van der Waals surface area contributed by atoms with Crippen LogP contribution in [0.5, 0.6) is 0 Å². The van der Waals surface area contributed by atoms with Gasteiger partial charge in [0.05, 0.1) is 12.9 Å². The van der Waals surface area contributed by atoms with Crippen molar-refractivity contribution < 1.29 is 4.79 Å². The minimum atomic E-state index is 0.0686. The molecule has 0 aliphatic rings. The molecule has 0 fully saturated rings. The van der Waals surface area contributed by atoms with Gasteiger partial charge in [-0.1, -0.05) is 6.92 Å². The Labute approximate surface area is 96.3 Å². The second-order valence-electron chi connectivity index (χ2n) is 3.68. The first kappa shape index (κ1) is 12.7. The zero-order valence-corrected chi connectivity index (χ0v) is 9.78. The zero-order chi connectivity index (χ0) is 11.6. The van der Waals surface area contributed by atoms with E-state index in [4.69, 9.17) is 0 Å². The van der Waals surface area contributed by atoms with Crippen molar-refractivity contribution in [2.24, 2.45) is 0 Å². The van der Waals surface area contributed by atoms with Gasteiger partial charge in [-0.2, -0.15) is 0 Å². The quantitative estimate of drug-likeness (QED) is 0.628. The van der Waals surface area contributed by atoms with Crippen molar-refractivity contribution in [3.8, 4) is 0 Å². The van der Waals surface area contributed by atoms with Crippen LogP contribution in [-0.4, -0.2) is 35.1 Å². The summed E-state index contributed by atoms with van der Waals surface area (Å²) in [5, 5.41) is 5.93. The molecule has 1 aromatic heterocycles. The summed E-state index contributed by atoms with van der Waals surface area (Å²) in [6.45, 7) is 4.99. The number of hydrogen-bond acceptors (Lipinski definition) is 3. The minimum absolute atomic E-state index is 0.0686. The molecular formula is C11H20N4O. The predicted octanol–water partition coefficient (Wildman–Crippen LogP) is 0.389. The Morgan fingerprint density at radius 3 is 3.00 bits per heavy atom. The maximum atomic E-state index is 11.3.